The number of hydrogen-bond acceptors (Lipinski definition) is 8. The number of allylic oxidation sites excluding steroid dienone is 3. The molecule has 1 aromatic carbocycles. The number of aromatic nitrogens is 4. The molecule has 3 aromatic rings. The zero-order valence-corrected chi connectivity index (χ0v) is 27.2. The topological polar surface area (TPSA) is 88.4 Å². The van der Waals surface area contributed by atoms with Crippen LogP contribution in [0.3, 0.4) is 0 Å². The van der Waals surface area contributed by atoms with Gasteiger partial charge >= 0.3 is 0 Å². The molecule has 1 aliphatic rings. The van der Waals surface area contributed by atoms with Gasteiger partial charge in [0, 0.05) is 24.2 Å². The molecule has 0 amide bonds. The minimum absolute atomic E-state index is 0.250. The molecule has 0 radical (unpaired) electrons. The normalized spacial score (nSPS) is 13.6. The van der Waals surface area contributed by atoms with Crippen LogP contribution in [0.2, 0.25) is 5.02 Å². The fourth-order valence-corrected chi connectivity index (χ4v) is 4.12. The lowest BCUT2D eigenvalue weighted by Crippen LogP contribution is -2.15. The molecule has 8 nitrogen and oxygen atoms in total. The van der Waals surface area contributed by atoms with Gasteiger partial charge in [0.25, 0.3) is 0 Å². The van der Waals surface area contributed by atoms with Crippen molar-refractivity contribution in [1.82, 2.24) is 24.9 Å². The molecule has 1 aliphatic heterocycles. The molecule has 1 N–H and O–H groups in total. The second kappa shape index (κ2) is 19.4. The molecule has 0 fully saturated rings. The van der Waals surface area contributed by atoms with Gasteiger partial charge in [-0.3, -0.25) is 4.39 Å². The predicted molar refractivity (Wildman–Crippen MR) is 178 cm³/mol. The smallest absolute Gasteiger partial charge is 0.160 e. The SMILES string of the molecule is C/C=N\N1C=CC(Oc2ccc(Nc3ncnc4cnc(C)nc34)cc2Cl)=CC1=C(C)CC.CCCCCCC.CCF. The summed E-state index contributed by atoms with van der Waals surface area (Å²) in [7, 11) is 0. The molecule has 232 valence electrons. The third kappa shape index (κ3) is 11.4. The quantitative estimate of drug-likeness (QED) is 0.181. The minimum atomic E-state index is -0.250. The zero-order chi connectivity index (χ0) is 31.6. The number of ether oxygens (including phenoxy) is 1. The highest BCUT2D eigenvalue weighted by atomic mass is 35.5. The minimum Gasteiger partial charge on any atom is -0.456 e. The molecule has 0 atom stereocenters. The Labute approximate surface area is 260 Å². The first-order valence-electron chi connectivity index (χ1n) is 14.9. The van der Waals surface area contributed by atoms with Crippen LogP contribution in [0.1, 0.15) is 85.9 Å². The van der Waals surface area contributed by atoms with Crippen molar-refractivity contribution < 1.29 is 9.13 Å². The van der Waals surface area contributed by atoms with Crippen LogP contribution < -0.4 is 10.1 Å². The number of benzene rings is 1. The Balaban J connectivity index is 0.000000560. The number of alkyl halides is 1. The largest absolute Gasteiger partial charge is 0.456 e. The Bertz CT molecular complexity index is 1420. The van der Waals surface area contributed by atoms with Gasteiger partial charge in [0.1, 0.15) is 34.7 Å². The van der Waals surface area contributed by atoms with Gasteiger partial charge < -0.3 is 10.1 Å². The summed E-state index contributed by atoms with van der Waals surface area (Å²) < 4.78 is 16.4. The van der Waals surface area contributed by atoms with E-state index in [0.717, 1.165) is 17.8 Å². The lowest BCUT2D eigenvalue weighted by atomic mass is 10.1. The van der Waals surface area contributed by atoms with Gasteiger partial charge in [0.05, 0.1) is 23.6 Å². The highest BCUT2D eigenvalue weighted by Crippen LogP contribution is 2.32. The van der Waals surface area contributed by atoms with E-state index in [1.165, 1.54) is 50.9 Å². The molecule has 10 heteroatoms. The Morgan fingerprint density at radius 1 is 1.09 bits per heavy atom. The lowest BCUT2D eigenvalue weighted by Gasteiger charge is -2.23. The second-order valence-electron chi connectivity index (χ2n) is 9.67. The number of unbranched alkanes of at least 4 members (excludes halogenated alkanes) is 4. The summed E-state index contributed by atoms with van der Waals surface area (Å²) in [4.78, 5) is 17.2. The standard InChI is InChI=1S/C24H24ClN7O.C7H16.C2H5F/c1-5-15(3)21-12-18(9-10-32(21)29-6-2)33-22-8-7-17(11-19(22)25)31-24-23-20(27-14-28-24)13-26-16(4)30-23;1-3-5-7-6-4-2;1-2-3/h6-14H,5H2,1-4H3,(H,27,28,31);3-7H2,1-2H3;2H2,1H3/b21-15?,29-6-;;. The molecule has 4 rings (SSSR count). The van der Waals surface area contributed by atoms with Crippen molar-refractivity contribution in [3.63, 3.8) is 0 Å². The Morgan fingerprint density at radius 2 is 1.81 bits per heavy atom. The fraction of sp³-hybridized carbons (Fsp3) is 0.424. The maximum Gasteiger partial charge on any atom is 0.160 e. The number of halogens is 2. The number of hydrogen-bond donors (Lipinski definition) is 1. The molecule has 0 aliphatic carbocycles. The monoisotopic (exact) mass is 609 g/mol. The van der Waals surface area contributed by atoms with Crippen molar-refractivity contribution in [2.24, 2.45) is 5.10 Å². The van der Waals surface area contributed by atoms with Crippen LogP contribution in [-0.4, -0.2) is 37.8 Å². The summed E-state index contributed by atoms with van der Waals surface area (Å²) in [5.74, 6) is 2.45. The van der Waals surface area contributed by atoms with E-state index in [9.17, 15) is 4.39 Å². The first-order chi connectivity index (χ1) is 20.8. The first-order valence-corrected chi connectivity index (χ1v) is 15.3. The van der Waals surface area contributed by atoms with Crippen LogP contribution in [0, 0.1) is 6.92 Å². The van der Waals surface area contributed by atoms with Gasteiger partial charge in [-0.1, -0.05) is 64.5 Å². The fourth-order valence-electron chi connectivity index (χ4n) is 3.90. The maximum absolute atomic E-state index is 10.3. The number of nitrogens with zero attached hydrogens (tertiary/aromatic N) is 6. The van der Waals surface area contributed by atoms with Crippen molar-refractivity contribution in [2.45, 2.75) is 87.0 Å². The van der Waals surface area contributed by atoms with Crippen LogP contribution in [-0.2, 0) is 0 Å². The van der Waals surface area contributed by atoms with Gasteiger partial charge in [-0.25, -0.2) is 24.9 Å². The molecular weight excluding hydrogens is 565 g/mol. The second-order valence-corrected chi connectivity index (χ2v) is 10.1. The molecule has 0 saturated carbocycles. The van der Waals surface area contributed by atoms with Crippen molar-refractivity contribution in [3.8, 4) is 5.75 Å². The van der Waals surface area contributed by atoms with Crippen LogP contribution in [0.4, 0.5) is 15.9 Å². The van der Waals surface area contributed by atoms with E-state index >= 15 is 0 Å². The molecule has 43 heavy (non-hydrogen) atoms. The lowest BCUT2D eigenvalue weighted by molar-refractivity contribution is 0.421. The average Bonchev–Trinajstić information content (AvgIpc) is 3.00. The summed E-state index contributed by atoms with van der Waals surface area (Å²) in [5, 5.41) is 9.93. The predicted octanol–water partition coefficient (Wildman–Crippen LogP) is 9.86. The molecule has 3 heterocycles. The average molecular weight is 610 g/mol. The van der Waals surface area contributed by atoms with E-state index in [4.69, 9.17) is 16.3 Å². The van der Waals surface area contributed by atoms with E-state index in [1.54, 1.807) is 18.5 Å². The Hall–Kier alpha value is -3.85. The summed E-state index contributed by atoms with van der Waals surface area (Å²) in [6, 6.07) is 5.47. The van der Waals surface area contributed by atoms with Crippen LogP contribution >= 0.6 is 11.6 Å². The molecular formula is C33H45ClFN7O. The number of hydrazone groups is 1. The van der Waals surface area contributed by atoms with Gasteiger partial charge in [0.2, 0.25) is 0 Å². The number of anilines is 2. The Kier molecular flexibility index (Phi) is 15.9. The summed E-state index contributed by atoms with van der Waals surface area (Å²) in [5.41, 5.74) is 4.24. The van der Waals surface area contributed by atoms with Gasteiger partial charge in [-0.15, -0.1) is 0 Å². The van der Waals surface area contributed by atoms with E-state index in [1.807, 2.05) is 49.3 Å². The summed E-state index contributed by atoms with van der Waals surface area (Å²) in [6.45, 7) is 13.6. The van der Waals surface area contributed by atoms with Crippen molar-refractivity contribution in [2.75, 3.05) is 12.0 Å². The summed E-state index contributed by atoms with van der Waals surface area (Å²) >= 11 is 6.54. The van der Waals surface area contributed by atoms with Crippen LogP contribution in [0.5, 0.6) is 5.75 Å². The number of fused-ring (bicyclic) bond motifs is 1. The molecule has 0 bridgehead atoms. The van der Waals surface area contributed by atoms with Crippen molar-refractivity contribution in [1.29, 1.82) is 0 Å². The van der Waals surface area contributed by atoms with Crippen LogP contribution in [0.15, 0.2) is 71.2 Å². The van der Waals surface area contributed by atoms with Crippen molar-refractivity contribution in [3.05, 3.63) is 77.0 Å². The van der Waals surface area contributed by atoms with Crippen LogP contribution in [0.25, 0.3) is 11.0 Å². The third-order valence-electron chi connectivity index (χ3n) is 6.24. The van der Waals surface area contributed by atoms with Crippen molar-refractivity contribution >= 4 is 40.4 Å². The van der Waals surface area contributed by atoms with E-state index in [-0.39, 0.29) is 6.67 Å². The number of aryl methyl sites for hydroxylation is 1. The van der Waals surface area contributed by atoms with Gasteiger partial charge in [0.15, 0.2) is 5.82 Å². The number of rotatable bonds is 10. The highest BCUT2D eigenvalue weighted by molar-refractivity contribution is 6.32. The Morgan fingerprint density at radius 3 is 2.44 bits per heavy atom. The van der Waals surface area contributed by atoms with E-state index in [2.05, 4.69) is 58.0 Å². The third-order valence-corrected chi connectivity index (χ3v) is 6.54. The van der Waals surface area contributed by atoms with Gasteiger partial charge in [-0.05, 0) is 64.0 Å². The maximum atomic E-state index is 10.3. The number of nitrogens with one attached hydrogen (secondary N) is 1. The molecule has 2 aromatic heterocycles. The van der Waals surface area contributed by atoms with E-state index in [0.29, 0.717) is 39.2 Å². The molecule has 0 unspecified atom stereocenters. The highest BCUT2D eigenvalue weighted by Gasteiger charge is 2.15. The molecule has 0 spiro atoms. The summed E-state index contributed by atoms with van der Waals surface area (Å²) in [6.07, 6.45) is 18.5. The van der Waals surface area contributed by atoms with E-state index < -0.39 is 0 Å². The molecule has 0 saturated heterocycles. The zero-order valence-electron chi connectivity index (χ0n) is 26.5. The first kappa shape index (κ1) is 35.3. The van der Waals surface area contributed by atoms with Gasteiger partial charge in [-0.2, -0.15) is 5.10 Å².